The number of ketones is 1. The van der Waals surface area contributed by atoms with Crippen molar-refractivity contribution >= 4 is 61.7 Å². The van der Waals surface area contributed by atoms with Crippen molar-refractivity contribution in [2.24, 2.45) is 0 Å². The molecule has 1 heterocycles. The van der Waals surface area contributed by atoms with Gasteiger partial charge in [-0.15, -0.1) is 0 Å². The number of carbonyl (C=O) groups is 1. The maximum Gasteiger partial charge on any atom is 0.454 e. The predicted molar refractivity (Wildman–Crippen MR) is 251 cm³/mol. The van der Waals surface area contributed by atoms with Gasteiger partial charge in [0.2, 0.25) is 0 Å². The van der Waals surface area contributed by atoms with Crippen LogP contribution in [0.15, 0.2) is 231 Å². The number of alkyl halides is 3. The first-order chi connectivity index (χ1) is 30.8. The summed E-state index contributed by atoms with van der Waals surface area (Å²) < 4.78 is 42.1. The first kappa shape index (κ1) is 39.0. The van der Waals surface area contributed by atoms with Gasteiger partial charge in [-0.3, -0.25) is 4.79 Å². The van der Waals surface area contributed by atoms with Crippen LogP contribution in [0, 0.1) is 0 Å². The fraction of sp³-hybridized carbons (Fsp3) is 0.0179. The van der Waals surface area contributed by atoms with Gasteiger partial charge in [-0.2, -0.15) is 13.2 Å². The number of hydrogen-bond acceptors (Lipinski definition) is 3. The zero-order chi connectivity index (χ0) is 42.9. The van der Waals surface area contributed by atoms with Crippen molar-refractivity contribution in [3.8, 4) is 27.9 Å². The van der Waals surface area contributed by atoms with Crippen molar-refractivity contribution < 1.29 is 18.0 Å². The first-order valence-electron chi connectivity index (χ1n) is 20.6. The Balaban J connectivity index is 1.07. The van der Waals surface area contributed by atoms with E-state index in [0.29, 0.717) is 5.69 Å². The van der Waals surface area contributed by atoms with Crippen molar-refractivity contribution in [2.45, 2.75) is 6.18 Å². The summed E-state index contributed by atoms with van der Waals surface area (Å²) in [6.07, 6.45) is -4.96. The minimum absolute atomic E-state index is 0.403. The van der Waals surface area contributed by atoms with Crippen LogP contribution in [0.2, 0.25) is 0 Å². The first-order valence-corrected chi connectivity index (χ1v) is 20.6. The van der Waals surface area contributed by atoms with E-state index in [1.807, 2.05) is 77.4 Å². The van der Waals surface area contributed by atoms with Gasteiger partial charge in [0, 0.05) is 56.1 Å². The number of halogens is 3. The van der Waals surface area contributed by atoms with Gasteiger partial charge >= 0.3 is 6.18 Å². The number of para-hydroxylation sites is 4. The highest BCUT2D eigenvalue weighted by Crippen LogP contribution is 2.41. The largest absolute Gasteiger partial charge is 0.454 e. The third-order valence-corrected chi connectivity index (χ3v) is 11.4. The van der Waals surface area contributed by atoms with Crippen molar-refractivity contribution in [2.75, 3.05) is 9.80 Å². The average Bonchev–Trinajstić information content (AvgIpc) is 3.66. The van der Waals surface area contributed by atoms with Gasteiger partial charge in [0.05, 0.1) is 11.0 Å². The summed E-state index contributed by atoms with van der Waals surface area (Å²) >= 11 is 0. The molecule has 0 N–H and O–H groups in total. The number of carbonyl (C=O) groups excluding carboxylic acids is 1. The molecule has 7 heteroatoms. The van der Waals surface area contributed by atoms with Crippen LogP contribution in [0.1, 0.15) is 10.4 Å². The summed E-state index contributed by atoms with van der Waals surface area (Å²) in [5.74, 6) is -1.87. The third kappa shape index (κ3) is 7.62. The summed E-state index contributed by atoms with van der Waals surface area (Å²) in [5, 5.41) is 1.96. The smallest absolute Gasteiger partial charge is 0.311 e. The Labute approximate surface area is 363 Å². The minimum atomic E-state index is -4.96. The molecule has 63 heavy (non-hydrogen) atoms. The quantitative estimate of drug-likeness (QED) is 0.129. The summed E-state index contributed by atoms with van der Waals surface area (Å²) in [6.45, 7) is 0. The van der Waals surface area contributed by atoms with Crippen LogP contribution in [-0.4, -0.2) is 16.5 Å². The molecule has 10 rings (SSSR count). The fourth-order valence-corrected chi connectivity index (χ4v) is 8.39. The number of benzene rings is 9. The van der Waals surface area contributed by atoms with E-state index < -0.39 is 17.5 Å². The Hall–Kier alpha value is -8.16. The second-order valence-corrected chi connectivity index (χ2v) is 15.3. The van der Waals surface area contributed by atoms with Crippen molar-refractivity contribution in [3.05, 3.63) is 236 Å². The van der Waals surface area contributed by atoms with Gasteiger partial charge in [0.1, 0.15) is 0 Å². The number of anilines is 6. The van der Waals surface area contributed by atoms with Crippen LogP contribution in [0.3, 0.4) is 0 Å². The highest BCUT2D eigenvalue weighted by Gasteiger charge is 2.39. The van der Waals surface area contributed by atoms with Crippen LogP contribution >= 0.6 is 0 Å². The lowest BCUT2D eigenvalue weighted by Crippen LogP contribution is -2.22. The Bertz CT molecular complexity index is 2920. The van der Waals surface area contributed by atoms with Crippen LogP contribution < -0.4 is 9.80 Å². The molecule has 0 radical (unpaired) electrons. The van der Waals surface area contributed by atoms with E-state index in [0.717, 1.165) is 78.2 Å². The molecule has 0 saturated carbocycles. The molecule has 0 unspecified atom stereocenters. The van der Waals surface area contributed by atoms with E-state index >= 15 is 0 Å². The number of fused-ring (bicyclic) bond motifs is 3. The van der Waals surface area contributed by atoms with Crippen molar-refractivity contribution in [1.82, 2.24) is 4.57 Å². The maximum atomic E-state index is 13.4. The summed E-state index contributed by atoms with van der Waals surface area (Å²) in [5.41, 5.74) is 12.4. The zero-order valence-electron chi connectivity index (χ0n) is 33.8. The van der Waals surface area contributed by atoms with Crippen LogP contribution in [-0.2, 0) is 0 Å². The predicted octanol–water partition coefficient (Wildman–Crippen LogP) is 15.8. The lowest BCUT2D eigenvalue weighted by molar-refractivity contribution is -0.0885. The zero-order valence-corrected chi connectivity index (χ0v) is 33.8. The monoisotopic (exact) mass is 825 g/mol. The molecule has 304 valence electrons. The molecule has 0 saturated heterocycles. The molecule has 10 aromatic rings. The van der Waals surface area contributed by atoms with E-state index in [-0.39, 0.29) is 0 Å². The highest BCUT2D eigenvalue weighted by atomic mass is 19.4. The molecule has 0 aliphatic carbocycles. The second kappa shape index (κ2) is 16.4. The SMILES string of the molecule is O=C(c1ccc(-n2c3ccc(-c4ccc(N(c5ccccc5)c5ccccc5)cc4)cc3c3cc(-c4ccc(N(c5ccccc5)c5ccccc5)cc4)ccc32)cc1)C(F)(F)F. The normalized spacial score (nSPS) is 11.5. The van der Waals surface area contributed by atoms with Gasteiger partial charge in [-0.25, -0.2) is 0 Å². The van der Waals surface area contributed by atoms with Crippen molar-refractivity contribution in [3.63, 3.8) is 0 Å². The summed E-state index contributed by atoms with van der Waals surface area (Å²) in [7, 11) is 0. The van der Waals surface area contributed by atoms with Crippen LogP contribution in [0.25, 0.3) is 49.7 Å². The highest BCUT2D eigenvalue weighted by molar-refractivity contribution is 6.12. The van der Waals surface area contributed by atoms with E-state index in [4.69, 9.17) is 0 Å². The Morgan fingerprint density at radius 1 is 0.365 bits per heavy atom. The van der Waals surface area contributed by atoms with Gasteiger partial charge < -0.3 is 14.4 Å². The van der Waals surface area contributed by atoms with E-state index in [2.05, 4.69) is 143 Å². The molecular weight excluding hydrogens is 788 g/mol. The van der Waals surface area contributed by atoms with Gasteiger partial charge in [0.25, 0.3) is 5.78 Å². The molecule has 0 spiro atoms. The summed E-state index contributed by atoms with van der Waals surface area (Å²) in [6, 6.07) is 76.4. The van der Waals surface area contributed by atoms with Crippen LogP contribution in [0.5, 0.6) is 0 Å². The Morgan fingerprint density at radius 3 is 1.02 bits per heavy atom. The molecule has 1 aromatic heterocycles. The number of Topliss-reactive ketones (excluding diaryl/α,β-unsaturated/α-hetero) is 1. The topological polar surface area (TPSA) is 28.5 Å². The number of hydrogen-bond donors (Lipinski definition) is 0. The van der Waals surface area contributed by atoms with Gasteiger partial charge in [-0.1, -0.05) is 109 Å². The van der Waals surface area contributed by atoms with Gasteiger partial charge in [-0.05, 0) is 144 Å². The Morgan fingerprint density at radius 2 is 0.683 bits per heavy atom. The molecular formula is C56H38F3N3O. The molecule has 0 atom stereocenters. The molecule has 4 nitrogen and oxygen atoms in total. The third-order valence-electron chi connectivity index (χ3n) is 11.4. The maximum absolute atomic E-state index is 13.4. The van der Waals surface area contributed by atoms with Gasteiger partial charge in [0.15, 0.2) is 0 Å². The molecule has 9 aromatic carbocycles. The van der Waals surface area contributed by atoms with E-state index in [1.165, 1.54) is 12.1 Å². The lowest BCUT2D eigenvalue weighted by Gasteiger charge is -2.25. The number of nitrogens with zero attached hydrogens (tertiary/aromatic N) is 3. The lowest BCUT2D eigenvalue weighted by atomic mass is 9.99. The standard InChI is InChI=1S/C56H38F3N3O/c57-56(58,59)55(63)41-25-33-50(34-26-41)62-53-35-27-42(39-21-29-48(30-22-39)60(44-13-5-1-6-14-44)45-15-7-2-8-16-45)37-51(53)52-38-43(28-36-54(52)62)40-23-31-49(32-24-40)61(46-17-9-3-10-18-46)47-19-11-4-12-20-47/h1-38H. The van der Waals surface area contributed by atoms with Crippen LogP contribution in [0.4, 0.5) is 47.3 Å². The summed E-state index contributed by atoms with van der Waals surface area (Å²) in [4.78, 5) is 16.6. The number of rotatable bonds is 10. The van der Waals surface area contributed by atoms with E-state index in [9.17, 15) is 18.0 Å². The second-order valence-electron chi connectivity index (χ2n) is 15.3. The minimum Gasteiger partial charge on any atom is -0.311 e. The average molecular weight is 826 g/mol. The number of aromatic nitrogens is 1. The molecule has 0 fully saturated rings. The Kier molecular flexibility index (Phi) is 10.1. The molecule has 0 bridgehead atoms. The van der Waals surface area contributed by atoms with Crippen molar-refractivity contribution in [1.29, 1.82) is 0 Å². The molecule has 0 amide bonds. The molecule has 0 aliphatic rings. The fourth-order valence-electron chi connectivity index (χ4n) is 8.39. The molecule has 0 aliphatic heterocycles. The van der Waals surface area contributed by atoms with E-state index in [1.54, 1.807) is 12.1 Å².